The van der Waals surface area contributed by atoms with Gasteiger partial charge in [0, 0.05) is 29.4 Å². The first kappa shape index (κ1) is 14.5. The van der Waals surface area contributed by atoms with Crippen molar-refractivity contribution in [2.45, 2.75) is 26.3 Å². The average Bonchev–Trinajstić information content (AvgIpc) is 2.48. The third-order valence-electron chi connectivity index (χ3n) is 3.55. The van der Waals surface area contributed by atoms with Crippen LogP contribution in [0.1, 0.15) is 28.4 Å². The van der Waals surface area contributed by atoms with Crippen molar-refractivity contribution >= 4 is 0 Å². The highest BCUT2D eigenvalue weighted by Gasteiger charge is 2.15. The molecule has 106 valence electrons. The van der Waals surface area contributed by atoms with E-state index in [2.05, 4.69) is 22.5 Å². The fourth-order valence-corrected chi connectivity index (χ4v) is 2.43. The number of hydrazine groups is 1. The van der Waals surface area contributed by atoms with Gasteiger partial charge in [-0.05, 0) is 19.4 Å². The Morgan fingerprint density at radius 1 is 1.25 bits per heavy atom. The lowest BCUT2D eigenvalue weighted by atomic mass is 9.99. The van der Waals surface area contributed by atoms with Crippen LogP contribution in [0, 0.1) is 13.8 Å². The molecule has 2 aromatic rings. The minimum Gasteiger partial charge on any atom is -0.496 e. The van der Waals surface area contributed by atoms with Crippen molar-refractivity contribution in [2.24, 2.45) is 5.84 Å². The summed E-state index contributed by atoms with van der Waals surface area (Å²) in [7, 11) is 1.69. The van der Waals surface area contributed by atoms with Crippen LogP contribution in [0.15, 0.2) is 36.5 Å². The van der Waals surface area contributed by atoms with E-state index >= 15 is 0 Å². The fourth-order valence-electron chi connectivity index (χ4n) is 2.43. The number of benzene rings is 1. The molecule has 0 aliphatic rings. The average molecular weight is 271 g/mol. The number of aromatic nitrogens is 1. The minimum absolute atomic E-state index is 0.0369. The van der Waals surface area contributed by atoms with Crippen LogP contribution in [0.4, 0.5) is 0 Å². The summed E-state index contributed by atoms with van der Waals surface area (Å²) in [6.07, 6.45) is 2.57. The molecule has 4 nitrogen and oxygen atoms in total. The molecule has 0 saturated carbocycles. The molecule has 0 saturated heterocycles. The number of ether oxygens (including phenoxy) is 1. The van der Waals surface area contributed by atoms with E-state index in [1.807, 2.05) is 38.2 Å². The molecule has 2 rings (SSSR count). The molecule has 0 aliphatic heterocycles. The number of pyridine rings is 1. The Morgan fingerprint density at radius 3 is 2.55 bits per heavy atom. The Labute approximate surface area is 120 Å². The van der Waals surface area contributed by atoms with Gasteiger partial charge in [0.25, 0.3) is 0 Å². The smallest absolute Gasteiger partial charge is 0.128 e. The van der Waals surface area contributed by atoms with E-state index in [-0.39, 0.29) is 6.04 Å². The number of aryl methyl sites for hydroxylation is 1. The van der Waals surface area contributed by atoms with E-state index in [1.165, 1.54) is 0 Å². The topological polar surface area (TPSA) is 60.2 Å². The molecule has 1 aromatic heterocycles. The van der Waals surface area contributed by atoms with E-state index < -0.39 is 0 Å². The summed E-state index contributed by atoms with van der Waals surface area (Å²) in [5.74, 6) is 6.60. The molecule has 0 aliphatic carbocycles. The van der Waals surface area contributed by atoms with Crippen molar-refractivity contribution < 1.29 is 4.74 Å². The maximum Gasteiger partial charge on any atom is 0.128 e. The molecule has 0 bridgehead atoms. The van der Waals surface area contributed by atoms with E-state index in [9.17, 15) is 0 Å². The quantitative estimate of drug-likeness (QED) is 0.648. The SMILES string of the molecule is COc1c(C)cnc(CC(NN)c2ccccc2)c1C. The van der Waals surface area contributed by atoms with Gasteiger partial charge < -0.3 is 4.74 Å². The lowest BCUT2D eigenvalue weighted by molar-refractivity contribution is 0.406. The van der Waals surface area contributed by atoms with Crippen molar-refractivity contribution in [1.29, 1.82) is 0 Å². The number of nitrogens with zero attached hydrogens (tertiary/aromatic N) is 1. The largest absolute Gasteiger partial charge is 0.496 e. The van der Waals surface area contributed by atoms with Gasteiger partial charge in [-0.2, -0.15) is 0 Å². The molecule has 0 fully saturated rings. The Bertz CT molecular complexity index is 569. The lowest BCUT2D eigenvalue weighted by Gasteiger charge is -2.18. The van der Waals surface area contributed by atoms with Crippen molar-refractivity contribution in [1.82, 2.24) is 10.4 Å². The molecule has 1 unspecified atom stereocenters. The van der Waals surface area contributed by atoms with Crippen LogP contribution in [0.2, 0.25) is 0 Å². The molecule has 0 radical (unpaired) electrons. The van der Waals surface area contributed by atoms with E-state index in [4.69, 9.17) is 10.6 Å². The van der Waals surface area contributed by atoms with Gasteiger partial charge in [0.15, 0.2) is 0 Å². The van der Waals surface area contributed by atoms with Crippen molar-refractivity contribution in [3.05, 3.63) is 58.9 Å². The standard InChI is InChI=1S/C16H21N3O/c1-11-10-18-14(12(2)16(11)20-3)9-15(19-17)13-7-5-4-6-8-13/h4-8,10,15,19H,9,17H2,1-3H3. The van der Waals surface area contributed by atoms with Gasteiger partial charge in [-0.25, -0.2) is 0 Å². The normalized spacial score (nSPS) is 12.2. The lowest BCUT2D eigenvalue weighted by Crippen LogP contribution is -2.30. The minimum atomic E-state index is 0.0369. The summed E-state index contributed by atoms with van der Waals surface area (Å²) < 4.78 is 5.45. The zero-order valence-electron chi connectivity index (χ0n) is 12.2. The second-order valence-electron chi connectivity index (χ2n) is 4.88. The third kappa shape index (κ3) is 2.98. The molecular weight excluding hydrogens is 250 g/mol. The van der Waals surface area contributed by atoms with Crippen LogP contribution in [-0.4, -0.2) is 12.1 Å². The highest BCUT2D eigenvalue weighted by Crippen LogP contribution is 2.27. The number of hydrogen-bond acceptors (Lipinski definition) is 4. The van der Waals surface area contributed by atoms with Gasteiger partial charge >= 0.3 is 0 Å². The van der Waals surface area contributed by atoms with Crippen molar-refractivity contribution in [3.63, 3.8) is 0 Å². The highest BCUT2D eigenvalue weighted by molar-refractivity contribution is 5.41. The maximum absolute atomic E-state index is 5.69. The predicted molar refractivity (Wildman–Crippen MR) is 80.5 cm³/mol. The third-order valence-corrected chi connectivity index (χ3v) is 3.55. The number of nitrogens with two attached hydrogens (primary N) is 1. The van der Waals surface area contributed by atoms with Crippen LogP contribution in [0.25, 0.3) is 0 Å². The van der Waals surface area contributed by atoms with Gasteiger partial charge in [0.2, 0.25) is 0 Å². The summed E-state index contributed by atoms with van der Waals surface area (Å²) in [5.41, 5.74) is 7.13. The van der Waals surface area contributed by atoms with Crippen molar-refractivity contribution in [2.75, 3.05) is 7.11 Å². The van der Waals surface area contributed by atoms with Gasteiger partial charge in [-0.1, -0.05) is 30.3 Å². The zero-order valence-corrected chi connectivity index (χ0v) is 12.2. The molecular formula is C16H21N3O. The number of methoxy groups -OCH3 is 1. The zero-order chi connectivity index (χ0) is 14.5. The Morgan fingerprint density at radius 2 is 1.95 bits per heavy atom. The van der Waals surface area contributed by atoms with Crippen molar-refractivity contribution in [3.8, 4) is 5.75 Å². The van der Waals surface area contributed by atoms with E-state index in [0.717, 1.165) is 34.6 Å². The molecule has 20 heavy (non-hydrogen) atoms. The van der Waals surface area contributed by atoms with E-state index in [0.29, 0.717) is 0 Å². The summed E-state index contributed by atoms with van der Waals surface area (Å²) in [6, 6.07) is 10.2. The second kappa shape index (κ2) is 6.50. The van der Waals surface area contributed by atoms with Crippen LogP contribution in [0.5, 0.6) is 5.75 Å². The summed E-state index contributed by atoms with van der Waals surface area (Å²) in [4.78, 5) is 4.52. The van der Waals surface area contributed by atoms with Gasteiger partial charge in [-0.3, -0.25) is 16.3 Å². The van der Waals surface area contributed by atoms with Crippen LogP contribution in [0.3, 0.4) is 0 Å². The first-order valence-corrected chi connectivity index (χ1v) is 6.67. The molecule has 1 heterocycles. The Hall–Kier alpha value is -1.91. The number of nitrogens with one attached hydrogen (secondary N) is 1. The second-order valence-corrected chi connectivity index (χ2v) is 4.88. The molecule has 1 aromatic carbocycles. The number of hydrogen-bond donors (Lipinski definition) is 2. The summed E-state index contributed by atoms with van der Waals surface area (Å²) in [6.45, 7) is 4.03. The molecule has 0 amide bonds. The number of rotatable bonds is 5. The first-order valence-electron chi connectivity index (χ1n) is 6.67. The molecule has 3 N–H and O–H groups in total. The van der Waals surface area contributed by atoms with Crippen LogP contribution >= 0.6 is 0 Å². The fraction of sp³-hybridized carbons (Fsp3) is 0.312. The van der Waals surface area contributed by atoms with E-state index in [1.54, 1.807) is 7.11 Å². The molecule has 4 heteroatoms. The summed E-state index contributed by atoms with van der Waals surface area (Å²) in [5, 5.41) is 0. The predicted octanol–water partition coefficient (Wildman–Crippen LogP) is 2.45. The maximum atomic E-state index is 5.69. The van der Waals surface area contributed by atoms with Gasteiger partial charge in [-0.15, -0.1) is 0 Å². The molecule has 0 spiro atoms. The van der Waals surface area contributed by atoms with Gasteiger partial charge in [0.1, 0.15) is 5.75 Å². The van der Waals surface area contributed by atoms with Crippen LogP contribution < -0.4 is 16.0 Å². The molecule has 1 atom stereocenters. The highest BCUT2D eigenvalue weighted by atomic mass is 16.5. The monoisotopic (exact) mass is 271 g/mol. The Balaban J connectivity index is 2.29. The first-order chi connectivity index (χ1) is 9.67. The van der Waals surface area contributed by atoms with Gasteiger partial charge in [0.05, 0.1) is 13.2 Å². The summed E-state index contributed by atoms with van der Waals surface area (Å²) >= 11 is 0. The Kier molecular flexibility index (Phi) is 4.71. The van der Waals surface area contributed by atoms with Crippen LogP contribution in [-0.2, 0) is 6.42 Å².